The van der Waals surface area contributed by atoms with Crippen LogP contribution in [0.4, 0.5) is 0 Å². The van der Waals surface area contributed by atoms with Gasteiger partial charge in [-0.3, -0.25) is 14.6 Å². The molecule has 10 heteroatoms. The number of nitrogens with zero attached hydrogens (tertiary/aromatic N) is 2. The number of nitrogens with one attached hydrogen (secondary N) is 3. The molecule has 2 unspecified atom stereocenters. The maximum absolute atomic E-state index is 14.2. The predicted octanol–water partition coefficient (Wildman–Crippen LogP) is 4.29. The molecule has 5 rings (SSSR count). The first-order chi connectivity index (χ1) is 23.4. The van der Waals surface area contributed by atoms with Gasteiger partial charge in [0.05, 0.1) is 25.8 Å². The molecule has 0 radical (unpaired) electrons. The van der Waals surface area contributed by atoms with Gasteiger partial charge in [0.25, 0.3) is 5.91 Å². The van der Waals surface area contributed by atoms with Crippen molar-refractivity contribution < 1.29 is 19.1 Å². The van der Waals surface area contributed by atoms with Gasteiger partial charge in [-0.05, 0) is 36.5 Å². The summed E-state index contributed by atoms with van der Waals surface area (Å²) in [4.78, 5) is 33.8. The van der Waals surface area contributed by atoms with Crippen LogP contribution in [0.2, 0.25) is 0 Å². The molecule has 1 fully saturated rings. The molecule has 2 atom stereocenters. The largest absolute Gasteiger partial charge is 0.496 e. The van der Waals surface area contributed by atoms with Crippen molar-refractivity contribution in [2.75, 3.05) is 47.4 Å². The Kier molecular flexibility index (Phi) is 11.9. The number of nitrogens with two attached hydrogens (primary N) is 1. The van der Waals surface area contributed by atoms with E-state index in [0.29, 0.717) is 68.5 Å². The number of methoxy groups -OCH3 is 2. The van der Waals surface area contributed by atoms with E-state index in [-0.39, 0.29) is 23.8 Å². The predicted molar refractivity (Wildman–Crippen MR) is 191 cm³/mol. The number of carbonyl (C=O) groups excluding carboxylic acids is 2. The highest BCUT2D eigenvalue weighted by Gasteiger charge is 2.33. The van der Waals surface area contributed by atoms with Crippen molar-refractivity contribution in [2.45, 2.75) is 37.3 Å². The zero-order valence-electron chi connectivity index (χ0n) is 27.9. The normalized spacial score (nSPS) is 16.9. The van der Waals surface area contributed by atoms with Crippen LogP contribution in [0, 0.1) is 0 Å². The Morgan fingerprint density at radius 2 is 1.60 bits per heavy atom. The molecule has 1 heterocycles. The van der Waals surface area contributed by atoms with Crippen molar-refractivity contribution in [3.8, 4) is 11.5 Å². The first kappa shape index (κ1) is 34.3. The molecule has 4 aromatic carbocycles. The second-order valence-corrected chi connectivity index (χ2v) is 12.0. The standard InChI is InChI=1S/C38H46N6O4/c1-40-38(39)41-21-12-19-33-37(46)44(25-32(26-13-6-4-7-14-26)27-15-8-5-9-16-27)22-20-28(43-33)24-42-36(45)31-23-34(47-2)29-17-10-11-18-30(29)35(31)48-3/h4-11,13-18,23,28,32-33,43H,12,19-22,24-25H2,1-3H3,(H,42,45)(H3,39,40,41). The molecule has 0 aliphatic carbocycles. The number of guanidine groups is 1. The van der Waals surface area contributed by atoms with E-state index >= 15 is 0 Å². The smallest absolute Gasteiger partial charge is 0.255 e. The Bertz CT molecular complexity index is 1660. The maximum atomic E-state index is 14.2. The van der Waals surface area contributed by atoms with Gasteiger partial charge >= 0.3 is 0 Å². The van der Waals surface area contributed by atoms with Crippen molar-refractivity contribution in [1.29, 1.82) is 0 Å². The molecule has 10 nitrogen and oxygen atoms in total. The monoisotopic (exact) mass is 650 g/mol. The molecule has 0 aromatic heterocycles. The lowest BCUT2D eigenvalue weighted by molar-refractivity contribution is -0.133. The average Bonchev–Trinajstić information content (AvgIpc) is 3.28. The molecule has 1 aliphatic heterocycles. The summed E-state index contributed by atoms with van der Waals surface area (Å²) in [6.07, 6.45) is 1.98. The fourth-order valence-corrected chi connectivity index (χ4v) is 6.41. The third kappa shape index (κ3) is 8.24. The zero-order chi connectivity index (χ0) is 33.9. The summed E-state index contributed by atoms with van der Waals surface area (Å²) < 4.78 is 11.3. The SMILES string of the molecule is CN=C(N)NCCCC1NC(CNC(=O)c2cc(OC)c3ccccc3c2OC)CCN(CC(c2ccccc2)c2ccccc2)C1=O. The minimum atomic E-state index is -0.432. The van der Waals surface area contributed by atoms with E-state index < -0.39 is 6.04 Å². The van der Waals surface area contributed by atoms with Crippen LogP contribution in [-0.2, 0) is 4.79 Å². The highest BCUT2D eigenvalue weighted by atomic mass is 16.5. The van der Waals surface area contributed by atoms with Crippen LogP contribution < -0.4 is 31.2 Å². The van der Waals surface area contributed by atoms with Crippen molar-refractivity contribution in [3.05, 3.63) is 108 Å². The molecule has 0 bridgehead atoms. The summed E-state index contributed by atoms with van der Waals surface area (Å²) in [5.74, 6) is 1.26. The number of amides is 2. The first-order valence-corrected chi connectivity index (χ1v) is 16.5. The Hall–Kier alpha value is -5.09. The Labute approximate surface area is 282 Å². The Balaban J connectivity index is 1.35. The third-order valence-electron chi connectivity index (χ3n) is 8.95. The third-order valence-corrected chi connectivity index (χ3v) is 8.95. The minimum absolute atomic E-state index is 0.0193. The van der Waals surface area contributed by atoms with Gasteiger partial charge in [-0.15, -0.1) is 0 Å². The molecule has 252 valence electrons. The van der Waals surface area contributed by atoms with Crippen LogP contribution in [0.5, 0.6) is 11.5 Å². The number of rotatable bonds is 13. The van der Waals surface area contributed by atoms with E-state index in [1.54, 1.807) is 27.3 Å². The second-order valence-electron chi connectivity index (χ2n) is 12.0. The summed E-state index contributed by atoms with van der Waals surface area (Å²) in [7, 11) is 4.79. The van der Waals surface area contributed by atoms with Gasteiger partial charge in [-0.25, -0.2) is 0 Å². The van der Waals surface area contributed by atoms with Gasteiger partial charge in [0.1, 0.15) is 11.5 Å². The van der Waals surface area contributed by atoms with E-state index in [1.165, 1.54) is 0 Å². The van der Waals surface area contributed by atoms with Crippen molar-refractivity contribution >= 4 is 28.5 Å². The molecule has 2 amide bonds. The highest BCUT2D eigenvalue weighted by molar-refractivity contribution is 6.06. The summed E-state index contributed by atoms with van der Waals surface area (Å²) in [6, 6.07) is 29.5. The van der Waals surface area contributed by atoms with Gasteiger partial charge in [0.15, 0.2) is 5.96 Å². The fourth-order valence-electron chi connectivity index (χ4n) is 6.41. The lowest BCUT2D eigenvalue weighted by atomic mass is 9.90. The van der Waals surface area contributed by atoms with Crippen LogP contribution >= 0.6 is 0 Å². The van der Waals surface area contributed by atoms with Crippen molar-refractivity contribution in [2.24, 2.45) is 10.7 Å². The number of aliphatic imine (C=N–C) groups is 1. The number of hydrogen-bond acceptors (Lipinski definition) is 6. The lowest BCUT2D eigenvalue weighted by Crippen LogP contribution is -2.49. The average molecular weight is 651 g/mol. The van der Waals surface area contributed by atoms with Crippen LogP contribution in [0.15, 0.2) is 96.0 Å². The van der Waals surface area contributed by atoms with Gasteiger partial charge in [-0.2, -0.15) is 0 Å². The van der Waals surface area contributed by atoms with E-state index in [1.807, 2.05) is 65.6 Å². The summed E-state index contributed by atoms with van der Waals surface area (Å²) >= 11 is 0. The number of fused-ring (bicyclic) bond motifs is 1. The lowest BCUT2D eigenvalue weighted by Gasteiger charge is -2.29. The van der Waals surface area contributed by atoms with Crippen LogP contribution in [0.1, 0.15) is 46.7 Å². The molecule has 0 spiro atoms. The summed E-state index contributed by atoms with van der Waals surface area (Å²) in [5.41, 5.74) is 8.54. The van der Waals surface area contributed by atoms with Crippen molar-refractivity contribution in [3.63, 3.8) is 0 Å². The topological polar surface area (TPSA) is 130 Å². The summed E-state index contributed by atoms with van der Waals surface area (Å²) in [5, 5.41) is 11.4. The van der Waals surface area contributed by atoms with E-state index in [9.17, 15) is 9.59 Å². The molecule has 5 N–H and O–H groups in total. The minimum Gasteiger partial charge on any atom is -0.496 e. The number of benzene rings is 4. The first-order valence-electron chi connectivity index (χ1n) is 16.5. The zero-order valence-corrected chi connectivity index (χ0v) is 27.9. The second kappa shape index (κ2) is 16.6. The number of carbonyl (C=O) groups is 2. The quantitative estimate of drug-likeness (QED) is 0.0965. The van der Waals surface area contributed by atoms with Gasteiger partial charge in [-0.1, -0.05) is 84.9 Å². The Morgan fingerprint density at radius 3 is 2.23 bits per heavy atom. The highest BCUT2D eigenvalue weighted by Crippen LogP contribution is 2.36. The molecular formula is C38H46N6O4. The maximum Gasteiger partial charge on any atom is 0.255 e. The fraction of sp³-hybridized carbons (Fsp3) is 0.342. The number of hydrogen-bond donors (Lipinski definition) is 4. The molecule has 4 aromatic rings. The van der Waals surface area contributed by atoms with Crippen LogP contribution in [-0.4, -0.2) is 82.2 Å². The molecule has 1 saturated heterocycles. The number of ether oxygens (including phenoxy) is 2. The molecule has 1 aliphatic rings. The van der Waals surface area contributed by atoms with Crippen LogP contribution in [0.3, 0.4) is 0 Å². The van der Waals surface area contributed by atoms with Gasteiger partial charge in [0, 0.05) is 56.0 Å². The molecule has 48 heavy (non-hydrogen) atoms. The van der Waals surface area contributed by atoms with Gasteiger partial charge in [0.2, 0.25) is 5.91 Å². The van der Waals surface area contributed by atoms with Crippen molar-refractivity contribution in [1.82, 2.24) is 20.9 Å². The van der Waals surface area contributed by atoms with E-state index in [2.05, 4.69) is 45.2 Å². The molecule has 0 saturated carbocycles. The van der Waals surface area contributed by atoms with E-state index in [4.69, 9.17) is 15.2 Å². The van der Waals surface area contributed by atoms with Crippen LogP contribution in [0.25, 0.3) is 10.8 Å². The Morgan fingerprint density at radius 1 is 0.958 bits per heavy atom. The van der Waals surface area contributed by atoms with Gasteiger partial charge < -0.3 is 36.1 Å². The summed E-state index contributed by atoms with van der Waals surface area (Å²) in [6.45, 7) is 2.03. The molecular weight excluding hydrogens is 604 g/mol. The van der Waals surface area contributed by atoms with E-state index in [0.717, 1.165) is 21.9 Å².